The molecule has 4 heterocycles. The van der Waals surface area contributed by atoms with Gasteiger partial charge < -0.3 is 13.9 Å². The summed E-state index contributed by atoms with van der Waals surface area (Å²) in [6.07, 6.45) is -0.574. The molecule has 1 atom stereocenters. The van der Waals surface area contributed by atoms with Crippen LogP contribution >= 0.6 is 11.3 Å². The van der Waals surface area contributed by atoms with Gasteiger partial charge in [-0.25, -0.2) is 27.2 Å². The number of alkyl halides is 4. The number of aromatic nitrogens is 3. The fourth-order valence-corrected chi connectivity index (χ4v) is 6.04. The number of nitrogens with zero attached hydrogens (tertiary/aromatic N) is 5. The van der Waals surface area contributed by atoms with Gasteiger partial charge >= 0.3 is 10.1 Å². The second-order valence-electron chi connectivity index (χ2n) is 9.38. The normalized spacial score (nSPS) is 18.6. The van der Waals surface area contributed by atoms with E-state index >= 15 is 0 Å². The molecule has 0 N–H and O–H groups in total. The summed E-state index contributed by atoms with van der Waals surface area (Å²) in [5.74, 6) is 0.386. The highest BCUT2D eigenvalue weighted by Crippen LogP contribution is 2.37. The van der Waals surface area contributed by atoms with Crippen molar-refractivity contribution in [2.75, 3.05) is 19.3 Å². The molecular formula is C25H25F4N5O4S2. The van der Waals surface area contributed by atoms with E-state index in [0.717, 1.165) is 34.9 Å². The third-order valence-corrected chi connectivity index (χ3v) is 8.01. The van der Waals surface area contributed by atoms with Crippen LogP contribution < -0.4 is 4.18 Å². The number of piperidine rings is 1. The van der Waals surface area contributed by atoms with Gasteiger partial charge in [0.05, 0.1) is 17.0 Å². The SMILES string of the molecule is CS(=O)(=O)Oc1ccccc1C1CC(c2csc(C3CCN(C=Cn4nc(C(F)F)cc4C(F)F)CC3)n2)=NO1. The number of oxime groups is 1. The molecule has 0 spiro atoms. The summed E-state index contributed by atoms with van der Waals surface area (Å²) in [5.41, 5.74) is 0.653. The van der Waals surface area contributed by atoms with Gasteiger partial charge in [-0.05, 0) is 25.0 Å². The summed E-state index contributed by atoms with van der Waals surface area (Å²) in [6.45, 7) is 1.26. The maximum absolute atomic E-state index is 13.2. The van der Waals surface area contributed by atoms with Crippen molar-refractivity contribution in [3.05, 3.63) is 69.6 Å². The first-order chi connectivity index (χ1) is 19.1. The van der Waals surface area contributed by atoms with Crippen LogP contribution in [0, 0.1) is 0 Å². The Morgan fingerprint density at radius 2 is 1.88 bits per heavy atom. The molecular weight excluding hydrogens is 574 g/mol. The zero-order valence-corrected chi connectivity index (χ0v) is 22.8. The standard InChI is InChI=1S/C25H25F4N5O4S2/c1-40(35,36)38-21-5-3-2-4-16(21)22-13-17(32-37-22)19-14-39-25(30-19)15-6-8-33(9-7-15)10-11-34-20(24(28)29)12-18(31-34)23(26)27/h2-5,10-12,14-15,22-24H,6-9,13H2,1H3. The predicted molar refractivity (Wildman–Crippen MR) is 140 cm³/mol. The molecule has 2 aliphatic rings. The predicted octanol–water partition coefficient (Wildman–Crippen LogP) is 5.73. The number of hydrogen-bond donors (Lipinski definition) is 0. The Labute approximate surface area is 231 Å². The first-order valence-electron chi connectivity index (χ1n) is 12.3. The lowest BCUT2D eigenvalue weighted by molar-refractivity contribution is 0.0845. The van der Waals surface area contributed by atoms with Crippen LogP contribution in [0.15, 0.2) is 47.1 Å². The van der Waals surface area contributed by atoms with Crippen LogP contribution in [0.3, 0.4) is 0 Å². The zero-order valence-electron chi connectivity index (χ0n) is 21.2. The highest BCUT2D eigenvalue weighted by Gasteiger charge is 2.30. The zero-order chi connectivity index (χ0) is 28.4. The summed E-state index contributed by atoms with van der Waals surface area (Å²) in [7, 11) is -3.71. The summed E-state index contributed by atoms with van der Waals surface area (Å²) < 4.78 is 81.3. The third-order valence-electron chi connectivity index (χ3n) is 6.52. The van der Waals surface area contributed by atoms with E-state index < -0.39 is 40.5 Å². The van der Waals surface area contributed by atoms with Crippen LogP contribution in [-0.2, 0) is 15.0 Å². The lowest BCUT2D eigenvalue weighted by atomic mass is 9.98. The molecule has 1 unspecified atom stereocenters. The van der Waals surface area contributed by atoms with Crippen molar-refractivity contribution < 1.29 is 35.0 Å². The fraction of sp³-hybridized carbons (Fsp3) is 0.400. The summed E-state index contributed by atoms with van der Waals surface area (Å²) >= 11 is 1.52. The largest absolute Gasteiger partial charge is 0.387 e. The van der Waals surface area contributed by atoms with Crippen molar-refractivity contribution in [3.8, 4) is 5.75 Å². The molecule has 2 aromatic heterocycles. The molecule has 40 heavy (non-hydrogen) atoms. The van der Waals surface area contributed by atoms with Crippen molar-refractivity contribution in [3.63, 3.8) is 0 Å². The Hall–Kier alpha value is -3.46. The molecule has 1 aromatic carbocycles. The number of thiazole rings is 1. The molecule has 0 saturated carbocycles. The molecule has 1 fully saturated rings. The first-order valence-corrected chi connectivity index (χ1v) is 15.0. The average molecular weight is 600 g/mol. The van der Waals surface area contributed by atoms with E-state index in [1.54, 1.807) is 30.5 Å². The summed E-state index contributed by atoms with van der Waals surface area (Å²) in [5, 5.41) is 10.6. The lowest BCUT2D eigenvalue weighted by Crippen LogP contribution is -2.28. The third kappa shape index (κ3) is 6.46. The molecule has 2 aliphatic heterocycles. The molecule has 214 valence electrons. The van der Waals surface area contributed by atoms with Crippen LogP contribution in [-0.4, -0.2) is 53.1 Å². The van der Waals surface area contributed by atoms with E-state index in [4.69, 9.17) is 14.0 Å². The van der Waals surface area contributed by atoms with Crippen LogP contribution in [0.4, 0.5) is 17.6 Å². The Morgan fingerprint density at radius 3 is 2.58 bits per heavy atom. The second kappa shape index (κ2) is 11.6. The summed E-state index contributed by atoms with van der Waals surface area (Å²) in [4.78, 5) is 12.3. The molecule has 3 aromatic rings. The minimum atomic E-state index is -3.71. The highest BCUT2D eigenvalue weighted by atomic mass is 32.2. The van der Waals surface area contributed by atoms with Gasteiger partial charge in [0.25, 0.3) is 12.9 Å². The van der Waals surface area contributed by atoms with E-state index in [0.29, 0.717) is 36.5 Å². The van der Waals surface area contributed by atoms with Gasteiger partial charge in [-0.15, -0.1) is 11.3 Å². The number of hydrogen-bond acceptors (Lipinski definition) is 9. The average Bonchev–Trinajstić information content (AvgIpc) is 3.67. The van der Waals surface area contributed by atoms with Gasteiger partial charge in [0, 0.05) is 48.8 Å². The Morgan fingerprint density at radius 1 is 1.12 bits per heavy atom. The number of halogens is 4. The second-order valence-corrected chi connectivity index (χ2v) is 11.8. The minimum Gasteiger partial charge on any atom is -0.387 e. The van der Waals surface area contributed by atoms with Crippen molar-refractivity contribution in [2.45, 2.75) is 44.1 Å². The summed E-state index contributed by atoms with van der Waals surface area (Å²) in [6, 6.07) is 7.46. The Bertz CT molecular complexity index is 1510. The fourth-order valence-electron chi connectivity index (χ4n) is 4.56. The highest BCUT2D eigenvalue weighted by molar-refractivity contribution is 7.86. The molecule has 0 amide bonds. The molecule has 5 rings (SSSR count). The van der Waals surface area contributed by atoms with Gasteiger partial charge in [-0.1, -0.05) is 23.4 Å². The van der Waals surface area contributed by atoms with Crippen molar-refractivity contribution in [1.82, 2.24) is 19.7 Å². The van der Waals surface area contributed by atoms with Gasteiger partial charge in [-0.2, -0.15) is 13.5 Å². The molecule has 9 nitrogen and oxygen atoms in total. The number of benzene rings is 1. The number of rotatable bonds is 9. The van der Waals surface area contributed by atoms with Crippen molar-refractivity contribution >= 4 is 33.4 Å². The maximum atomic E-state index is 13.2. The van der Waals surface area contributed by atoms with Crippen LogP contribution in [0.25, 0.3) is 6.20 Å². The molecule has 0 aliphatic carbocycles. The molecule has 0 radical (unpaired) electrons. The lowest BCUT2D eigenvalue weighted by Gasteiger charge is -2.30. The Kier molecular flexibility index (Phi) is 8.12. The van der Waals surface area contributed by atoms with Gasteiger partial charge in [0.2, 0.25) is 0 Å². The molecule has 1 saturated heterocycles. The van der Waals surface area contributed by atoms with Crippen LogP contribution in [0.1, 0.15) is 71.8 Å². The Balaban J connectivity index is 1.18. The quantitative estimate of drug-likeness (QED) is 0.229. The van der Waals surface area contributed by atoms with E-state index in [-0.39, 0.29) is 11.7 Å². The van der Waals surface area contributed by atoms with Crippen LogP contribution in [0.5, 0.6) is 5.75 Å². The molecule has 15 heteroatoms. The smallest absolute Gasteiger partial charge is 0.306 e. The van der Waals surface area contributed by atoms with E-state index in [9.17, 15) is 26.0 Å². The van der Waals surface area contributed by atoms with Crippen LogP contribution in [0.2, 0.25) is 0 Å². The molecule has 0 bridgehead atoms. The number of para-hydroxylation sites is 1. The van der Waals surface area contributed by atoms with Crippen molar-refractivity contribution in [2.24, 2.45) is 5.16 Å². The van der Waals surface area contributed by atoms with Gasteiger partial charge in [0.15, 0.2) is 6.10 Å². The van der Waals surface area contributed by atoms with E-state index in [1.807, 2.05) is 10.3 Å². The first kappa shape index (κ1) is 28.1. The van der Waals surface area contributed by atoms with Crippen molar-refractivity contribution in [1.29, 1.82) is 0 Å². The topological polar surface area (TPSA) is 98.9 Å². The monoisotopic (exact) mass is 599 g/mol. The minimum absolute atomic E-state index is 0.192. The maximum Gasteiger partial charge on any atom is 0.306 e. The van der Waals surface area contributed by atoms with Gasteiger partial charge in [0.1, 0.15) is 22.8 Å². The van der Waals surface area contributed by atoms with E-state index in [1.165, 1.54) is 17.5 Å². The van der Waals surface area contributed by atoms with E-state index in [2.05, 4.69) is 10.3 Å². The number of likely N-dealkylation sites (tertiary alicyclic amines) is 1. The van der Waals surface area contributed by atoms with Gasteiger partial charge in [-0.3, -0.25) is 0 Å².